The van der Waals surface area contributed by atoms with Crippen LogP contribution in [-0.4, -0.2) is 11.1 Å². The van der Waals surface area contributed by atoms with Crippen molar-refractivity contribution in [2.75, 3.05) is 0 Å². The molecule has 0 aliphatic rings. The molecular formula is C5H6N2O2. The third-order valence-corrected chi connectivity index (χ3v) is 0.847. The van der Waals surface area contributed by atoms with Gasteiger partial charge in [-0.15, -0.1) is 0 Å². The SMILES string of the molecule is NC(=O)Cc1ccon1. The molecule has 2 N–H and O–H groups in total. The van der Waals surface area contributed by atoms with Crippen molar-refractivity contribution in [3.8, 4) is 0 Å². The van der Waals surface area contributed by atoms with E-state index in [9.17, 15) is 4.79 Å². The van der Waals surface area contributed by atoms with Crippen LogP contribution in [0.25, 0.3) is 0 Å². The molecule has 0 saturated carbocycles. The van der Waals surface area contributed by atoms with E-state index in [0.29, 0.717) is 5.69 Å². The lowest BCUT2D eigenvalue weighted by atomic mass is 10.3. The topological polar surface area (TPSA) is 69.1 Å². The van der Waals surface area contributed by atoms with Crippen molar-refractivity contribution >= 4 is 5.91 Å². The summed E-state index contributed by atoms with van der Waals surface area (Å²) in [5.41, 5.74) is 5.43. The van der Waals surface area contributed by atoms with Crippen LogP contribution in [0.2, 0.25) is 0 Å². The molecule has 0 aliphatic carbocycles. The van der Waals surface area contributed by atoms with Gasteiger partial charge in [-0.3, -0.25) is 4.79 Å². The summed E-state index contributed by atoms with van der Waals surface area (Å²) in [7, 11) is 0. The lowest BCUT2D eigenvalue weighted by Crippen LogP contribution is -2.13. The smallest absolute Gasteiger partial charge is 0.223 e. The molecular weight excluding hydrogens is 120 g/mol. The molecule has 0 aliphatic heterocycles. The van der Waals surface area contributed by atoms with Gasteiger partial charge >= 0.3 is 0 Å². The van der Waals surface area contributed by atoms with E-state index in [4.69, 9.17) is 5.73 Å². The third kappa shape index (κ3) is 1.56. The first kappa shape index (κ1) is 5.81. The maximum atomic E-state index is 10.2. The standard InChI is InChI=1S/C5H6N2O2/c6-5(8)3-4-1-2-9-7-4/h1-2H,3H2,(H2,6,8). The number of nitrogens with two attached hydrogens (primary N) is 1. The van der Waals surface area contributed by atoms with Gasteiger partial charge in [-0.2, -0.15) is 0 Å². The molecule has 0 atom stereocenters. The first-order chi connectivity index (χ1) is 4.29. The van der Waals surface area contributed by atoms with E-state index in [1.165, 1.54) is 6.26 Å². The second-order valence-corrected chi connectivity index (χ2v) is 1.63. The van der Waals surface area contributed by atoms with Crippen molar-refractivity contribution < 1.29 is 9.32 Å². The van der Waals surface area contributed by atoms with Crippen LogP contribution in [0.4, 0.5) is 0 Å². The van der Waals surface area contributed by atoms with E-state index in [-0.39, 0.29) is 6.42 Å². The van der Waals surface area contributed by atoms with Gasteiger partial charge in [0.25, 0.3) is 0 Å². The molecule has 0 unspecified atom stereocenters. The van der Waals surface area contributed by atoms with Gasteiger partial charge < -0.3 is 10.3 Å². The number of carbonyl (C=O) groups excluding carboxylic acids is 1. The molecule has 0 bridgehead atoms. The highest BCUT2D eigenvalue weighted by atomic mass is 16.5. The van der Waals surface area contributed by atoms with Crippen molar-refractivity contribution in [2.45, 2.75) is 6.42 Å². The summed E-state index contributed by atoms with van der Waals surface area (Å²) in [4.78, 5) is 10.2. The van der Waals surface area contributed by atoms with Crippen molar-refractivity contribution in [2.24, 2.45) is 5.73 Å². The minimum atomic E-state index is -0.399. The number of rotatable bonds is 2. The van der Waals surface area contributed by atoms with E-state index in [1.54, 1.807) is 6.07 Å². The number of hydrogen-bond donors (Lipinski definition) is 1. The molecule has 0 aromatic carbocycles. The fourth-order valence-corrected chi connectivity index (χ4v) is 0.507. The molecule has 0 spiro atoms. The highest BCUT2D eigenvalue weighted by molar-refractivity contribution is 5.75. The Morgan fingerprint density at radius 3 is 3.11 bits per heavy atom. The predicted octanol–water partition coefficient (Wildman–Crippen LogP) is -0.298. The molecule has 0 fully saturated rings. The molecule has 1 rings (SSSR count). The van der Waals surface area contributed by atoms with Gasteiger partial charge in [0.2, 0.25) is 5.91 Å². The zero-order valence-electron chi connectivity index (χ0n) is 4.70. The van der Waals surface area contributed by atoms with Gasteiger partial charge in [-0.05, 0) is 0 Å². The Balaban J connectivity index is 2.58. The highest BCUT2D eigenvalue weighted by Gasteiger charge is 1.98. The number of hydrogen-bond acceptors (Lipinski definition) is 3. The van der Waals surface area contributed by atoms with Crippen molar-refractivity contribution in [1.29, 1.82) is 0 Å². The summed E-state index contributed by atoms with van der Waals surface area (Å²) in [6.07, 6.45) is 1.55. The fourth-order valence-electron chi connectivity index (χ4n) is 0.507. The maximum absolute atomic E-state index is 10.2. The summed E-state index contributed by atoms with van der Waals surface area (Å²) in [5, 5.41) is 3.48. The largest absolute Gasteiger partial charge is 0.369 e. The van der Waals surface area contributed by atoms with E-state index in [0.717, 1.165) is 0 Å². The van der Waals surface area contributed by atoms with Crippen LogP contribution in [0.5, 0.6) is 0 Å². The van der Waals surface area contributed by atoms with Gasteiger partial charge in [-0.25, -0.2) is 0 Å². The second kappa shape index (κ2) is 2.30. The Kier molecular flexibility index (Phi) is 1.48. The molecule has 48 valence electrons. The molecule has 0 radical (unpaired) electrons. The number of aromatic nitrogens is 1. The van der Waals surface area contributed by atoms with Gasteiger partial charge in [0.15, 0.2) is 0 Å². The van der Waals surface area contributed by atoms with E-state index < -0.39 is 5.91 Å². The summed E-state index contributed by atoms with van der Waals surface area (Å²) in [5.74, 6) is -0.399. The lowest BCUT2D eigenvalue weighted by Gasteiger charge is -1.83. The monoisotopic (exact) mass is 126 g/mol. The molecule has 1 amide bonds. The summed E-state index contributed by atoms with van der Waals surface area (Å²) in [6, 6.07) is 1.60. The third-order valence-electron chi connectivity index (χ3n) is 0.847. The predicted molar refractivity (Wildman–Crippen MR) is 29.4 cm³/mol. The van der Waals surface area contributed by atoms with Crippen molar-refractivity contribution in [1.82, 2.24) is 5.16 Å². The van der Waals surface area contributed by atoms with Crippen molar-refractivity contribution in [3.63, 3.8) is 0 Å². The van der Waals surface area contributed by atoms with Crippen LogP contribution in [-0.2, 0) is 11.2 Å². The number of carbonyl (C=O) groups is 1. The Morgan fingerprint density at radius 2 is 2.67 bits per heavy atom. The average Bonchev–Trinajstić information content (AvgIpc) is 2.15. The van der Waals surface area contributed by atoms with Crippen LogP contribution in [0.1, 0.15) is 5.69 Å². The van der Waals surface area contributed by atoms with Crippen LogP contribution in [0, 0.1) is 0 Å². The molecule has 1 aromatic heterocycles. The maximum Gasteiger partial charge on any atom is 0.223 e. The van der Waals surface area contributed by atoms with Gasteiger partial charge in [0.05, 0.1) is 12.1 Å². The zero-order valence-corrected chi connectivity index (χ0v) is 4.70. The van der Waals surface area contributed by atoms with Crippen molar-refractivity contribution in [3.05, 3.63) is 18.0 Å². The molecule has 1 aromatic rings. The highest BCUT2D eigenvalue weighted by Crippen LogP contribution is 1.93. The van der Waals surface area contributed by atoms with Crippen LogP contribution in [0.3, 0.4) is 0 Å². The molecule has 9 heavy (non-hydrogen) atoms. The minimum Gasteiger partial charge on any atom is -0.369 e. The summed E-state index contributed by atoms with van der Waals surface area (Å²) in [6.45, 7) is 0. The number of amides is 1. The Labute approximate surface area is 51.6 Å². The first-order valence-corrected chi connectivity index (χ1v) is 2.46. The fraction of sp³-hybridized carbons (Fsp3) is 0.200. The average molecular weight is 126 g/mol. The zero-order chi connectivity index (χ0) is 6.69. The van der Waals surface area contributed by atoms with Gasteiger partial charge in [0, 0.05) is 6.07 Å². The summed E-state index contributed by atoms with van der Waals surface area (Å²) >= 11 is 0. The van der Waals surface area contributed by atoms with Crippen LogP contribution >= 0.6 is 0 Å². The molecule has 1 heterocycles. The van der Waals surface area contributed by atoms with Crippen LogP contribution in [0.15, 0.2) is 16.9 Å². The molecule has 4 heteroatoms. The van der Waals surface area contributed by atoms with Gasteiger partial charge in [0.1, 0.15) is 6.26 Å². The first-order valence-electron chi connectivity index (χ1n) is 2.46. The molecule has 0 saturated heterocycles. The van der Waals surface area contributed by atoms with E-state index >= 15 is 0 Å². The van der Waals surface area contributed by atoms with E-state index in [2.05, 4.69) is 9.68 Å². The Bertz CT molecular complexity index is 193. The minimum absolute atomic E-state index is 0.149. The number of primary amides is 1. The normalized spacial score (nSPS) is 9.33. The quantitative estimate of drug-likeness (QED) is 0.591. The number of nitrogens with zero attached hydrogens (tertiary/aromatic N) is 1. The lowest BCUT2D eigenvalue weighted by molar-refractivity contribution is -0.117. The Morgan fingerprint density at radius 1 is 1.89 bits per heavy atom. The van der Waals surface area contributed by atoms with Gasteiger partial charge in [-0.1, -0.05) is 5.16 Å². The van der Waals surface area contributed by atoms with Crippen LogP contribution < -0.4 is 5.73 Å². The Hall–Kier alpha value is -1.32. The summed E-state index contributed by atoms with van der Waals surface area (Å²) < 4.78 is 4.46. The second-order valence-electron chi connectivity index (χ2n) is 1.63. The molecule has 4 nitrogen and oxygen atoms in total. The van der Waals surface area contributed by atoms with E-state index in [1.807, 2.05) is 0 Å².